The minimum atomic E-state index is 0. The van der Waals surface area contributed by atoms with Crippen molar-refractivity contribution in [3.05, 3.63) is 37.3 Å². The molecule has 0 aromatic rings. The van der Waals surface area contributed by atoms with Crippen molar-refractivity contribution in [2.24, 2.45) is 0 Å². The molecule has 0 fully saturated rings. The van der Waals surface area contributed by atoms with Crippen LogP contribution in [0.2, 0.25) is 0 Å². The molecule has 0 saturated carbocycles. The minimum absolute atomic E-state index is 0. The van der Waals surface area contributed by atoms with Gasteiger partial charge in [0.1, 0.15) is 0 Å². The second-order valence-corrected chi connectivity index (χ2v) is 2.59. The Hall–Kier alpha value is -0.351. The maximum atomic E-state index is 7.50. The van der Waals surface area contributed by atoms with Gasteiger partial charge < -0.3 is 0 Å². The van der Waals surface area contributed by atoms with Gasteiger partial charge in [-0.1, -0.05) is 13.8 Å². The molecule has 74 valence electrons. The fourth-order valence-corrected chi connectivity index (χ4v) is 1.39. The van der Waals surface area contributed by atoms with Gasteiger partial charge in [0.15, 0.2) is 0 Å². The number of rotatable bonds is 0. The van der Waals surface area contributed by atoms with E-state index in [9.17, 15) is 0 Å². The van der Waals surface area contributed by atoms with E-state index in [4.69, 9.17) is 14.0 Å². The van der Waals surface area contributed by atoms with Gasteiger partial charge in [0.25, 0.3) is 0 Å². The van der Waals surface area contributed by atoms with Crippen LogP contribution in [0.1, 0.15) is 13.8 Å². The summed E-state index contributed by atoms with van der Waals surface area (Å²) in [4.78, 5) is 0. The summed E-state index contributed by atoms with van der Waals surface area (Å²) in [6.07, 6.45) is 2.22. The first kappa shape index (κ1) is 23.5. The zero-order valence-corrected chi connectivity index (χ0v) is 9.78. The first-order valence-corrected chi connectivity index (χ1v) is 3.99. The Morgan fingerprint density at radius 1 is 0.929 bits per heavy atom. The molecular weight excluding hydrogens is 242 g/mol. The third-order valence-corrected chi connectivity index (χ3v) is 2.23. The Morgan fingerprint density at radius 3 is 1.36 bits per heavy atom. The van der Waals surface area contributed by atoms with Crippen molar-refractivity contribution in [1.29, 1.82) is 0 Å². The molecule has 0 unspecified atom stereocenters. The molecule has 0 bridgehead atoms. The average molecular weight is 250 g/mol. The molecule has 0 spiro atoms. The maximum absolute atomic E-state index is 7.50. The minimum Gasteiger partial charge on any atom is 0 e. The van der Waals surface area contributed by atoms with Crippen LogP contribution < -0.4 is 0 Å². The summed E-state index contributed by atoms with van der Waals surface area (Å²) < 4.78 is 22.5. The quantitative estimate of drug-likeness (QED) is 0.273. The van der Waals surface area contributed by atoms with E-state index in [1.54, 1.807) is 0 Å². The van der Waals surface area contributed by atoms with E-state index >= 15 is 0 Å². The van der Waals surface area contributed by atoms with E-state index in [1.165, 1.54) is 19.4 Å². The van der Waals surface area contributed by atoms with Crippen molar-refractivity contribution in [3.8, 4) is 0 Å². The van der Waals surface area contributed by atoms with Crippen molar-refractivity contribution in [3.63, 3.8) is 0 Å². The Bertz CT molecular complexity index is 224. The van der Waals surface area contributed by atoms with E-state index in [2.05, 4.69) is 45.8 Å². The van der Waals surface area contributed by atoms with E-state index in [0.29, 0.717) is 0 Å². The Morgan fingerprint density at radius 2 is 1.29 bits per heavy atom. The molecule has 0 amide bonds. The summed E-state index contributed by atoms with van der Waals surface area (Å²) in [5.41, 5.74) is 2.86. The van der Waals surface area contributed by atoms with E-state index in [-0.39, 0.29) is 17.1 Å². The van der Waals surface area contributed by atoms with Crippen LogP contribution in [0.5, 0.6) is 0 Å². The van der Waals surface area contributed by atoms with E-state index in [0.717, 1.165) is 0 Å². The van der Waals surface area contributed by atoms with Gasteiger partial charge >= 0.3 is 33.9 Å². The van der Waals surface area contributed by atoms with Gasteiger partial charge in [-0.3, -0.25) is 0 Å². The summed E-state index contributed by atoms with van der Waals surface area (Å²) in [6.45, 7) is 17.8. The summed E-state index contributed by atoms with van der Waals surface area (Å²) in [6, 6.07) is 0. The van der Waals surface area contributed by atoms with Crippen molar-refractivity contribution < 1.29 is 31.0 Å². The van der Waals surface area contributed by atoms with Crippen LogP contribution in [-0.2, 0) is 31.0 Å². The molecule has 2 radical (unpaired) electrons. The molecule has 1 heterocycles. The van der Waals surface area contributed by atoms with Crippen LogP contribution in [0.3, 0.4) is 0 Å². The van der Waals surface area contributed by atoms with Gasteiger partial charge in [0, 0.05) is 23.2 Å². The molecule has 0 saturated heterocycles. The van der Waals surface area contributed by atoms with Crippen LogP contribution >= 0.6 is 8.20 Å². The van der Waals surface area contributed by atoms with E-state index < -0.39 is 0 Å². The van der Waals surface area contributed by atoms with Crippen LogP contribution in [0.25, 0.3) is 0 Å². The van der Waals surface area contributed by atoms with Crippen molar-refractivity contribution in [2.45, 2.75) is 13.8 Å². The van der Waals surface area contributed by atoms with Gasteiger partial charge in [-0.05, 0) is 25.2 Å². The fourth-order valence-electron chi connectivity index (χ4n) is 0.465. The molecule has 1 rings (SSSR count). The molecule has 1 aliphatic rings. The van der Waals surface area contributed by atoms with Crippen LogP contribution in [-0.4, -0.2) is 5.80 Å². The van der Waals surface area contributed by atoms with E-state index in [1.807, 2.05) is 0 Å². The van der Waals surface area contributed by atoms with Crippen LogP contribution in [0, 0.1) is 26.1 Å². The topological polar surface area (TPSA) is 59.7 Å². The van der Waals surface area contributed by atoms with Gasteiger partial charge in [0.05, 0.1) is 0 Å². The first-order chi connectivity index (χ1) is 6.30. The largest absolute Gasteiger partial charge is 0 e. The van der Waals surface area contributed by atoms with Crippen molar-refractivity contribution in [1.82, 2.24) is 0 Å². The molecule has 0 aromatic carbocycles. The van der Waals surface area contributed by atoms with Gasteiger partial charge in [-0.25, -0.2) is 0 Å². The summed E-state index contributed by atoms with van der Waals surface area (Å²) in [5.74, 6) is 2.22. The number of hydrogen-bond acceptors (Lipinski definition) is 0. The molecule has 14 heavy (non-hydrogen) atoms. The fraction of sp³-hybridized carbons (Fsp3) is 0.222. The molecular formula is C9H8MnO3P. The molecule has 0 atom stereocenters. The predicted molar refractivity (Wildman–Crippen MR) is 47.4 cm³/mol. The number of hydrogen-bond donors (Lipinski definition) is 0. The monoisotopic (exact) mass is 250 g/mol. The summed E-state index contributed by atoms with van der Waals surface area (Å²) in [5, 5.41) is 0. The molecule has 3 nitrogen and oxygen atoms in total. The molecule has 0 aliphatic carbocycles. The third kappa shape index (κ3) is 14.2. The smallest absolute Gasteiger partial charge is 0 e. The second kappa shape index (κ2) is 22.9. The Balaban J connectivity index is -0.0000000625. The normalized spacial score (nSPS) is 11.1. The first-order valence-electron chi connectivity index (χ1n) is 2.96. The molecule has 5 heteroatoms. The Kier molecular flexibility index (Phi) is 38.4. The van der Waals surface area contributed by atoms with Gasteiger partial charge in [-0.2, -0.15) is 0 Å². The molecule has 0 N–H and O–H groups in total. The Labute approximate surface area is 96.4 Å². The predicted octanol–water partition coefficient (Wildman–Crippen LogP) is 2.13. The van der Waals surface area contributed by atoms with Crippen molar-refractivity contribution in [2.75, 3.05) is 0 Å². The number of allylic oxidation sites excluding steroid dienone is 2. The molecule has 1 aliphatic heterocycles. The SMILES string of the molecule is CC1=C(C)C=P[CH]1.[C-]#[O+].[C-]#[O+].[C-]#[O+].[Mn]. The van der Waals surface area contributed by atoms with Crippen LogP contribution in [0.4, 0.5) is 0 Å². The maximum Gasteiger partial charge on any atom is 0 e. The average Bonchev–Trinajstić information content (AvgIpc) is 2.61. The zero-order chi connectivity index (χ0) is 11.3. The van der Waals surface area contributed by atoms with Gasteiger partial charge in [-0.15, -0.1) is 0 Å². The summed E-state index contributed by atoms with van der Waals surface area (Å²) >= 11 is 0. The zero-order valence-electron chi connectivity index (χ0n) is 7.70. The third-order valence-electron chi connectivity index (χ3n) is 1.16. The molecule has 0 aromatic heterocycles. The standard InChI is InChI=1S/C6H8P.3CO.Mn/c1-5-3-7-4-6(5)2;3*1-2;/h3-4H,1-2H3;;;;. The van der Waals surface area contributed by atoms with Crippen molar-refractivity contribution >= 4 is 14.0 Å². The summed E-state index contributed by atoms with van der Waals surface area (Å²) in [7, 11) is 1.36. The van der Waals surface area contributed by atoms with Gasteiger partial charge in [0.2, 0.25) is 0 Å². The second-order valence-electron chi connectivity index (χ2n) is 1.77. The van der Waals surface area contributed by atoms with Crippen LogP contribution in [0.15, 0.2) is 11.1 Å².